The number of anilines is 1. The van der Waals surface area contributed by atoms with Crippen LogP contribution in [0.5, 0.6) is 0 Å². The SMILES string of the molecule is Cc1cc2c(NCC3CCSCC3)nc(Cl)nc2s1. The smallest absolute Gasteiger partial charge is 0.225 e. The van der Waals surface area contributed by atoms with Crippen molar-refractivity contribution >= 4 is 50.7 Å². The number of fused-ring (bicyclic) bond motifs is 1. The molecule has 1 N–H and O–H groups in total. The summed E-state index contributed by atoms with van der Waals surface area (Å²) >= 11 is 9.71. The van der Waals surface area contributed by atoms with E-state index < -0.39 is 0 Å². The number of nitrogens with zero attached hydrogens (tertiary/aromatic N) is 2. The standard InChI is InChI=1S/C13H16ClN3S2/c1-8-6-10-11(16-13(14)17-12(10)19-8)15-7-9-2-4-18-5-3-9/h6,9H,2-5,7H2,1H3,(H,15,16,17). The summed E-state index contributed by atoms with van der Waals surface area (Å²) in [5.41, 5.74) is 0. The highest BCUT2D eigenvalue weighted by molar-refractivity contribution is 7.99. The van der Waals surface area contributed by atoms with Gasteiger partial charge >= 0.3 is 0 Å². The zero-order valence-corrected chi connectivity index (χ0v) is 13.2. The van der Waals surface area contributed by atoms with Gasteiger partial charge in [0.2, 0.25) is 5.28 Å². The van der Waals surface area contributed by atoms with Gasteiger partial charge in [-0.25, -0.2) is 9.97 Å². The van der Waals surface area contributed by atoms with E-state index in [1.54, 1.807) is 11.3 Å². The van der Waals surface area contributed by atoms with Crippen LogP contribution in [0.3, 0.4) is 0 Å². The van der Waals surface area contributed by atoms with Crippen molar-refractivity contribution in [3.05, 3.63) is 16.2 Å². The highest BCUT2D eigenvalue weighted by atomic mass is 35.5. The fourth-order valence-electron chi connectivity index (χ4n) is 2.34. The molecular weight excluding hydrogens is 298 g/mol. The van der Waals surface area contributed by atoms with Crippen LogP contribution >= 0.6 is 34.7 Å². The summed E-state index contributed by atoms with van der Waals surface area (Å²) in [4.78, 5) is 10.8. The van der Waals surface area contributed by atoms with Crippen LogP contribution in [0.1, 0.15) is 17.7 Å². The first kappa shape index (κ1) is 13.5. The molecule has 1 aliphatic heterocycles. The van der Waals surface area contributed by atoms with Gasteiger partial charge in [0.15, 0.2) is 0 Å². The fourth-order valence-corrected chi connectivity index (χ4v) is 4.64. The number of aromatic nitrogens is 2. The number of rotatable bonds is 3. The van der Waals surface area contributed by atoms with E-state index in [0.717, 1.165) is 28.5 Å². The molecule has 0 bridgehead atoms. The van der Waals surface area contributed by atoms with E-state index in [0.29, 0.717) is 5.28 Å². The van der Waals surface area contributed by atoms with Crippen molar-refractivity contribution in [2.24, 2.45) is 5.92 Å². The molecule has 3 rings (SSSR count). The summed E-state index contributed by atoms with van der Waals surface area (Å²) in [6, 6.07) is 2.13. The summed E-state index contributed by atoms with van der Waals surface area (Å²) in [5, 5.41) is 4.90. The molecule has 19 heavy (non-hydrogen) atoms. The Hall–Kier alpha value is -0.520. The van der Waals surface area contributed by atoms with Crippen molar-refractivity contribution in [3.8, 4) is 0 Å². The predicted octanol–water partition coefficient (Wildman–Crippen LogP) is 4.21. The molecule has 0 saturated carbocycles. The number of nitrogens with one attached hydrogen (secondary N) is 1. The molecule has 0 aromatic carbocycles. The molecule has 0 aliphatic carbocycles. The molecule has 6 heteroatoms. The largest absolute Gasteiger partial charge is 0.369 e. The average molecular weight is 314 g/mol. The molecule has 3 nitrogen and oxygen atoms in total. The lowest BCUT2D eigenvalue weighted by Gasteiger charge is -2.21. The number of hydrogen-bond donors (Lipinski definition) is 1. The first-order valence-electron chi connectivity index (χ1n) is 6.47. The molecule has 0 spiro atoms. The first-order chi connectivity index (χ1) is 9.22. The minimum atomic E-state index is 0.330. The minimum absolute atomic E-state index is 0.330. The second-order valence-corrected chi connectivity index (χ2v) is 7.65. The molecule has 2 aromatic rings. The molecule has 1 fully saturated rings. The molecule has 0 atom stereocenters. The van der Waals surface area contributed by atoms with Crippen LogP contribution in [0.2, 0.25) is 5.28 Å². The molecule has 1 aliphatic rings. The van der Waals surface area contributed by atoms with E-state index in [4.69, 9.17) is 11.6 Å². The Balaban J connectivity index is 1.79. The lowest BCUT2D eigenvalue weighted by molar-refractivity contribution is 0.515. The maximum atomic E-state index is 6.00. The zero-order chi connectivity index (χ0) is 13.2. The predicted molar refractivity (Wildman–Crippen MR) is 85.7 cm³/mol. The molecule has 0 radical (unpaired) electrons. The minimum Gasteiger partial charge on any atom is -0.369 e. The lowest BCUT2D eigenvalue weighted by atomic mass is 10.0. The Morgan fingerprint density at radius 3 is 2.95 bits per heavy atom. The monoisotopic (exact) mass is 313 g/mol. The molecule has 102 valence electrons. The quantitative estimate of drug-likeness (QED) is 0.861. The number of aryl methyl sites for hydroxylation is 1. The molecule has 2 aromatic heterocycles. The number of thiophene rings is 1. The van der Waals surface area contributed by atoms with Gasteiger partial charge in [-0.2, -0.15) is 11.8 Å². The van der Waals surface area contributed by atoms with Crippen LogP contribution in [0.4, 0.5) is 5.82 Å². The number of thioether (sulfide) groups is 1. The Morgan fingerprint density at radius 1 is 1.37 bits per heavy atom. The second kappa shape index (κ2) is 5.85. The van der Waals surface area contributed by atoms with Gasteiger partial charge < -0.3 is 5.32 Å². The third-order valence-electron chi connectivity index (χ3n) is 3.39. The molecule has 3 heterocycles. The van der Waals surface area contributed by atoms with E-state index in [9.17, 15) is 0 Å². The summed E-state index contributed by atoms with van der Waals surface area (Å²) in [6.45, 7) is 3.07. The van der Waals surface area contributed by atoms with Crippen LogP contribution in [0.15, 0.2) is 6.07 Å². The number of hydrogen-bond acceptors (Lipinski definition) is 5. The summed E-state index contributed by atoms with van der Waals surface area (Å²) in [5.74, 6) is 4.20. The van der Waals surface area contributed by atoms with E-state index in [1.807, 2.05) is 0 Å². The lowest BCUT2D eigenvalue weighted by Crippen LogP contribution is -2.19. The van der Waals surface area contributed by atoms with Crippen LogP contribution in [0, 0.1) is 12.8 Å². The van der Waals surface area contributed by atoms with E-state index >= 15 is 0 Å². The van der Waals surface area contributed by atoms with Crippen molar-refractivity contribution in [1.29, 1.82) is 0 Å². The second-order valence-electron chi connectivity index (χ2n) is 4.85. The average Bonchev–Trinajstić information content (AvgIpc) is 2.77. The van der Waals surface area contributed by atoms with Crippen molar-refractivity contribution in [1.82, 2.24) is 9.97 Å². The molecular formula is C13H16ClN3S2. The van der Waals surface area contributed by atoms with Gasteiger partial charge in [0.25, 0.3) is 0 Å². The van der Waals surface area contributed by atoms with Crippen molar-refractivity contribution < 1.29 is 0 Å². The van der Waals surface area contributed by atoms with Gasteiger partial charge in [-0.05, 0) is 54.9 Å². The van der Waals surface area contributed by atoms with Gasteiger partial charge in [-0.1, -0.05) is 0 Å². The summed E-state index contributed by atoms with van der Waals surface area (Å²) in [7, 11) is 0. The van der Waals surface area contributed by atoms with E-state index in [1.165, 1.54) is 29.2 Å². The highest BCUT2D eigenvalue weighted by Crippen LogP contribution is 2.30. The number of halogens is 1. The van der Waals surface area contributed by atoms with Crippen LogP contribution in [0.25, 0.3) is 10.2 Å². The van der Waals surface area contributed by atoms with Crippen LogP contribution < -0.4 is 5.32 Å². The Kier molecular flexibility index (Phi) is 4.15. The first-order valence-corrected chi connectivity index (χ1v) is 8.82. The maximum absolute atomic E-state index is 6.00. The Bertz CT molecular complexity index is 579. The Morgan fingerprint density at radius 2 is 2.16 bits per heavy atom. The van der Waals surface area contributed by atoms with Gasteiger partial charge in [-0.15, -0.1) is 11.3 Å². The highest BCUT2D eigenvalue weighted by Gasteiger charge is 2.15. The fraction of sp³-hybridized carbons (Fsp3) is 0.538. The molecule has 1 saturated heterocycles. The van der Waals surface area contributed by atoms with E-state index in [-0.39, 0.29) is 0 Å². The van der Waals surface area contributed by atoms with Crippen molar-refractivity contribution in [2.45, 2.75) is 19.8 Å². The third kappa shape index (κ3) is 3.15. The molecule has 0 amide bonds. The van der Waals surface area contributed by atoms with Gasteiger partial charge in [0.05, 0.1) is 5.39 Å². The van der Waals surface area contributed by atoms with Gasteiger partial charge in [-0.3, -0.25) is 0 Å². The summed E-state index contributed by atoms with van der Waals surface area (Å²) in [6.07, 6.45) is 2.59. The third-order valence-corrected chi connectivity index (χ3v) is 5.55. The van der Waals surface area contributed by atoms with E-state index in [2.05, 4.69) is 40.0 Å². The Labute approximate surface area is 126 Å². The zero-order valence-electron chi connectivity index (χ0n) is 10.8. The normalized spacial score (nSPS) is 16.9. The van der Waals surface area contributed by atoms with Gasteiger partial charge in [0.1, 0.15) is 10.6 Å². The topological polar surface area (TPSA) is 37.8 Å². The van der Waals surface area contributed by atoms with Crippen molar-refractivity contribution in [2.75, 3.05) is 23.4 Å². The van der Waals surface area contributed by atoms with Crippen LogP contribution in [-0.2, 0) is 0 Å². The maximum Gasteiger partial charge on any atom is 0.225 e. The van der Waals surface area contributed by atoms with Gasteiger partial charge in [0, 0.05) is 11.4 Å². The summed E-state index contributed by atoms with van der Waals surface area (Å²) < 4.78 is 0. The van der Waals surface area contributed by atoms with Crippen molar-refractivity contribution in [3.63, 3.8) is 0 Å². The molecule has 0 unspecified atom stereocenters. The van der Waals surface area contributed by atoms with Crippen LogP contribution in [-0.4, -0.2) is 28.0 Å².